The summed E-state index contributed by atoms with van der Waals surface area (Å²) >= 11 is 5.93. The lowest BCUT2D eigenvalue weighted by molar-refractivity contribution is 0.118. The standard InChI is InChI=1S/C22H25ClN4O2/c1-28-20-8-2-17(3-9-20)10-11-26-12-14-27(15-13-26)16-21-24-22(25-29-21)18-4-6-19(23)7-5-18/h2-9H,10-16H2,1H3. The molecule has 0 saturated carbocycles. The summed E-state index contributed by atoms with van der Waals surface area (Å²) in [5.41, 5.74) is 2.25. The lowest BCUT2D eigenvalue weighted by atomic mass is 10.1. The summed E-state index contributed by atoms with van der Waals surface area (Å²) in [6.07, 6.45) is 1.05. The molecule has 0 aliphatic carbocycles. The molecular formula is C22H25ClN4O2. The molecule has 3 aromatic rings. The summed E-state index contributed by atoms with van der Waals surface area (Å²) in [6, 6.07) is 15.8. The monoisotopic (exact) mass is 412 g/mol. The molecule has 1 aromatic heterocycles. The van der Waals surface area contributed by atoms with Crippen LogP contribution in [0.1, 0.15) is 11.5 Å². The van der Waals surface area contributed by atoms with Gasteiger partial charge < -0.3 is 14.2 Å². The van der Waals surface area contributed by atoms with Crippen molar-refractivity contribution in [2.75, 3.05) is 39.8 Å². The van der Waals surface area contributed by atoms with Crippen LogP contribution < -0.4 is 4.74 Å². The number of rotatable bonds is 7. The van der Waals surface area contributed by atoms with Gasteiger partial charge in [0.1, 0.15) is 5.75 Å². The molecule has 2 aromatic carbocycles. The zero-order chi connectivity index (χ0) is 20.1. The summed E-state index contributed by atoms with van der Waals surface area (Å²) < 4.78 is 10.7. The van der Waals surface area contributed by atoms with Crippen LogP contribution >= 0.6 is 11.6 Å². The van der Waals surface area contributed by atoms with Crippen LogP contribution in [0.3, 0.4) is 0 Å². The molecule has 0 radical (unpaired) electrons. The van der Waals surface area contributed by atoms with Crippen molar-refractivity contribution in [1.82, 2.24) is 19.9 Å². The molecule has 0 bridgehead atoms. The van der Waals surface area contributed by atoms with Crippen molar-refractivity contribution in [3.05, 3.63) is 65.0 Å². The molecule has 29 heavy (non-hydrogen) atoms. The van der Waals surface area contributed by atoms with E-state index in [2.05, 4.69) is 32.1 Å². The van der Waals surface area contributed by atoms with Gasteiger partial charge >= 0.3 is 0 Å². The van der Waals surface area contributed by atoms with Crippen LogP contribution in [-0.2, 0) is 13.0 Å². The Bertz CT molecular complexity index is 903. The van der Waals surface area contributed by atoms with E-state index < -0.39 is 0 Å². The molecule has 1 aliphatic rings. The Balaban J connectivity index is 1.23. The second-order valence-electron chi connectivity index (χ2n) is 7.23. The lowest BCUT2D eigenvalue weighted by Crippen LogP contribution is -2.46. The van der Waals surface area contributed by atoms with E-state index in [1.165, 1.54) is 5.56 Å². The summed E-state index contributed by atoms with van der Waals surface area (Å²) in [7, 11) is 1.70. The minimum Gasteiger partial charge on any atom is -0.497 e. The zero-order valence-corrected chi connectivity index (χ0v) is 17.3. The molecule has 7 heteroatoms. The summed E-state index contributed by atoms with van der Waals surface area (Å²) in [5, 5.41) is 4.79. The second kappa shape index (κ2) is 9.39. The van der Waals surface area contributed by atoms with E-state index in [9.17, 15) is 0 Å². The van der Waals surface area contributed by atoms with E-state index in [1.54, 1.807) is 7.11 Å². The number of halogens is 1. The Morgan fingerprint density at radius 1 is 0.966 bits per heavy atom. The predicted octanol–water partition coefficient (Wildman–Crippen LogP) is 3.76. The molecular weight excluding hydrogens is 388 g/mol. The summed E-state index contributed by atoms with van der Waals surface area (Å²) in [5.74, 6) is 2.17. The van der Waals surface area contributed by atoms with E-state index in [0.717, 1.165) is 50.5 Å². The van der Waals surface area contributed by atoms with Crippen LogP contribution in [0.15, 0.2) is 53.1 Å². The van der Waals surface area contributed by atoms with Gasteiger partial charge in [0, 0.05) is 43.3 Å². The average Bonchev–Trinajstić information content (AvgIpc) is 3.22. The van der Waals surface area contributed by atoms with Gasteiger partial charge in [0.15, 0.2) is 0 Å². The van der Waals surface area contributed by atoms with Crippen LogP contribution in [0.5, 0.6) is 5.75 Å². The first-order chi connectivity index (χ1) is 14.2. The Morgan fingerprint density at radius 3 is 2.34 bits per heavy atom. The minimum atomic E-state index is 0.606. The number of ether oxygens (including phenoxy) is 1. The summed E-state index contributed by atoms with van der Waals surface area (Å²) in [6.45, 7) is 5.86. The van der Waals surface area contributed by atoms with E-state index in [-0.39, 0.29) is 0 Å². The van der Waals surface area contributed by atoms with Crippen molar-refractivity contribution < 1.29 is 9.26 Å². The van der Waals surface area contributed by atoms with Crippen LogP contribution in [0, 0.1) is 0 Å². The van der Waals surface area contributed by atoms with Gasteiger partial charge in [-0.1, -0.05) is 28.9 Å². The Kier molecular flexibility index (Phi) is 6.44. The highest BCUT2D eigenvalue weighted by Crippen LogP contribution is 2.19. The molecule has 6 nitrogen and oxygen atoms in total. The van der Waals surface area contributed by atoms with Crippen molar-refractivity contribution in [3.63, 3.8) is 0 Å². The minimum absolute atomic E-state index is 0.606. The van der Waals surface area contributed by atoms with Crippen molar-refractivity contribution in [2.24, 2.45) is 0 Å². The topological polar surface area (TPSA) is 54.6 Å². The molecule has 0 unspecified atom stereocenters. The lowest BCUT2D eigenvalue weighted by Gasteiger charge is -2.33. The SMILES string of the molecule is COc1ccc(CCN2CCN(Cc3nc(-c4ccc(Cl)cc4)no3)CC2)cc1. The van der Waals surface area contributed by atoms with E-state index in [0.29, 0.717) is 23.3 Å². The number of piperazine rings is 1. The summed E-state index contributed by atoms with van der Waals surface area (Å²) in [4.78, 5) is 9.40. The quantitative estimate of drug-likeness (QED) is 0.589. The number of hydrogen-bond acceptors (Lipinski definition) is 6. The molecule has 0 N–H and O–H groups in total. The molecule has 1 saturated heterocycles. The molecule has 0 amide bonds. The number of methoxy groups -OCH3 is 1. The number of aromatic nitrogens is 2. The fraction of sp³-hybridized carbons (Fsp3) is 0.364. The maximum atomic E-state index is 5.93. The molecule has 0 atom stereocenters. The normalized spacial score (nSPS) is 15.5. The largest absolute Gasteiger partial charge is 0.497 e. The van der Waals surface area contributed by atoms with Gasteiger partial charge in [-0.05, 0) is 48.4 Å². The maximum Gasteiger partial charge on any atom is 0.241 e. The van der Waals surface area contributed by atoms with Gasteiger partial charge in [0.25, 0.3) is 0 Å². The third kappa shape index (κ3) is 5.35. The first-order valence-corrected chi connectivity index (χ1v) is 10.2. The van der Waals surface area contributed by atoms with Gasteiger partial charge in [-0.3, -0.25) is 4.90 Å². The van der Waals surface area contributed by atoms with Gasteiger partial charge in [-0.25, -0.2) is 0 Å². The maximum absolute atomic E-state index is 5.93. The Hall–Kier alpha value is -2.41. The second-order valence-corrected chi connectivity index (χ2v) is 7.67. The number of hydrogen-bond donors (Lipinski definition) is 0. The molecule has 4 rings (SSSR count). The van der Waals surface area contributed by atoms with Crippen LogP contribution in [0.2, 0.25) is 5.02 Å². The zero-order valence-electron chi connectivity index (χ0n) is 16.6. The van der Waals surface area contributed by atoms with Gasteiger partial charge in [0.05, 0.1) is 13.7 Å². The molecule has 2 heterocycles. The Morgan fingerprint density at radius 2 is 1.66 bits per heavy atom. The smallest absolute Gasteiger partial charge is 0.241 e. The third-order valence-electron chi connectivity index (χ3n) is 5.27. The van der Waals surface area contributed by atoms with Gasteiger partial charge in [-0.2, -0.15) is 4.98 Å². The number of nitrogens with zero attached hydrogens (tertiary/aromatic N) is 4. The average molecular weight is 413 g/mol. The third-order valence-corrected chi connectivity index (χ3v) is 5.52. The van der Waals surface area contributed by atoms with Crippen molar-refractivity contribution in [3.8, 4) is 17.1 Å². The molecule has 0 spiro atoms. The highest BCUT2D eigenvalue weighted by molar-refractivity contribution is 6.30. The van der Waals surface area contributed by atoms with E-state index in [1.807, 2.05) is 36.4 Å². The fourth-order valence-electron chi connectivity index (χ4n) is 3.48. The predicted molar refractivity (Wildman–Crippen MR) is 113 cm³/mol. The Labute approximate surface area is 176 Å². The van der Waals surface area contributed by atoms with Gasteiger partial charge in [-0.15, -0.1) is 0 Å². The van der Waals surface area contributed by atoms with E-state index >= 15 is 0 Å². The van der Waals surface area contributed by atoms with Crippen LogP contribution in [-0.4, -0.2) is 59.8 Å². The highest BCUT2D eigenvalue weighted by Gasteiger charge is 2.19. The van der Waals surface area contributed by atoms with Gasteiger partial charge in [0.2, 0.25) is 11.7 Å². The van der Waals surface area contributed by atoms with Crippen molar-refractivity contribution in [2.45, 2.75) is 13.0 Å². The van der Waals surface area contributed by atoms with Crippen molar-refractivity contribution in [1.29, 1.82) is 0 Å². The molecule has 1 fully saturated rings. The van der Waals surface area contributed by atoms with Crippen molar-refractivity contribution >= 4 is 11.6 Å². The van der Waals surface area contributed by atoms with Crippen LogP contribution in [0.25, 0.3) is 11.4 Å². The van der Waals surface area contributed by atoms with Crippen LogP contribution in [0.4, 0.5) is 0 Å². The van der Waals surface area contributed by atoms with E-state index in [4.69, 9.17) is 20.9 Å². The molecule has 152 valence electrons. The fourth-order valence-corrected chi connectivity index (χ4v) is 3.60. The first kappa shape index (κ1) is 19.9. The number of benzene rings is 2. The first-order valence-electron chi connectivity index (χ1n) is 9.86. The highest BCUT2D eigenvalue weighted by atomic mass is 35.5. The molecule has 1 aliphatic heterocycles.